The highest BCUT2D eigenvalue weighted by Crippen LogP contribution is 2.35. The van der Waals surface area contributed by atoms with E-state index in [1.54, 1.807) is 31.2 Å². The fourth-order valence-electron chi connectivity index (χ4n) is 3.80. The summed E-state index contributed by atoms with van der Waals surface area (Å²) in [5.74, 6) is -1.99. The number of carbonyl (C=O) groups is 4. The molecule has 0 bridgehead atoms. The van der Waals surface area contributed by atoms with E-state index in [-0.39, 0.29) is 38.5 Å². The standard InChI is InChI=1S/C23H26N2O6S/c1-13-17(23(29)31-3)21(25-19(26)14-9-5-4-6-10-14)32-18(13)20(27)24-16-12-8-7-11-15(16)22(28)30-2/h7-8,11-12,14H,4-6,9-10H2,1-3H3,(H,24,27)(H,25,26). The molecule has 170 valence electrons. The number of hydrogen-bond acceptors (Lipinski definition) is 7. The van der Waals surface area contributed by atoms with Gasteiger partial charge in [0.25, 0.3) is 5.91 Å². The molecule has 1 saturated carbocycles. The normalized spacial score (nSPS) is 13.8. The summed E-state index contributed by atoms with van der Waals surface area (Å²) in [5, 5.41) is 5.83. The van der Waals surface area contributed by atoms with Crippen molar-refractivity contribution >= 4 is 45.8 Å². The highest BCUT2D eigenvalue weighted by atomic mass is 32.1. The zero-order valence-electron chi connectivity index (χ0n) is 18.3. The fourth-order valence-corrected chi connectivity index (χ4v) is 4.90. The van der Waals surface area contributed by atoms with Crippen LogP contribution in [0.15, 0.2) is 24.3 Å². The van der Waals surface area contributed by atoms with Gasteiger partial charge < -0.3 is 20.1 Å². The number of carbonyl (C=O) groups excluding carboxylic acids is 4. The first kappa shape index (κ1) is 23.5. The van der Waals surface area contributed by atoms with Crippen LogP contribution in [0, 0.1) is 12.8 Å². The lowest BCUT2D eigenvalue weighted by atomic mass is 9.89. The molecule has 1 heterocycles. The quantitative estimate of drug-likeness (QED) is 0.621. The smallest absolute Gasteiger partial charge is 0.341 e. The molecule has 0 unspecified atom stereocenters. The SMILES string of the molecule is COC(=O)c1ccccc1NC(=O)c1sc(NC(=O)C2CCCCC2)c(C(=O)OC)c1C. The molecule has 3 rings (SSSR count). The number of anilines is 2. The maximum absolute atomic E-state index is 13.0. The number of ether oxygens (including phenoxy) is 2. The summed E-state index contributed by atoms with van der Waals surface area (Å²) in [6.07, 6.45) is 4.73. The molecule has 8 nitrogen and oxygen atoms in total. The van der Waals surface area contributed by atoms with Crippen molar-refractivity contribution in [3.8, 4) is 0 Å². The number of methoxy groups -OCH3 is 2. The van der Waals surface area contributed by atoms with E-state index >= 15 is 0 Å². The van der Waals surface area contributed by atoms with Crippen LogP contribution in [0.4, 0.5) is 10.7 Å². The Morgan fingerprint density at radius 3 is 2.25 bits per heavy atom. The third kappa shape index (κ3) is 4.99. The van der Waals surface area contributed by atoms with Crippen molar-refractivity contribution < 1.29 is 28.7 Å². The van der Waals surface area contributed by atoms with E-state index in [1.807, 2.05) is 0 Å². The molecule has 1 aromatic carbocycles. The highest BCUT2D eigenvalue weighted by molar-refractivity contribution is 7.19. The maximum atomic E-state index is 13.0. The van der Waals surface area contributed by atoms with Crippen molar-refractivity contribution in [2.45, 2.75) is 39.0 Å². The summed E-state index contributed by atoms with van der Waals surface area (Å²) >= 11 is 1.01. The molecule has 32 heavy (non-hydrogen) atoms. The third-order valence-electron chi connectivity index (χ3n) is 5.54. The zero-order valence-corrected chi connectivity index (χ0v) is 19.1. The van der Waals surface area contributed by atoms with Crippen molar-refractivity contribution in [1.29, 1.82) is 0 Å². The van der Waals surface area contributed by atoms with Crippen LogP contribution in [0.1, 0.15) is 68.1 Å². The minimum Gasteiger partial charge on any atom is -0.465 e. The van der Waals surface area contributed by atoms with E-state index in [1.165, 1.54) is 14.2 Å². The van der Waals surface area contributed by atoms with Gasteiger partial charge in [-0.25, -0.2) is 9.59 Å². The zero-order chi connectivity index (χ0) is 23.3. The predicted octanol–water partition coefficient (Wildman–Crippen LogP) is 4.40. The largest absolute Gasteiger partial charge is 0.465 e. The number of rotatable bonds is 6. The second kappa shape index (κ2) is 10.4. The van der Waals surface area contributed by atoms with Crippen LogP contribution in [0.3, 0.4) is 0 Å². The van der Waals surface area contributed by atoms with Crippen LogP contribution in [0.5, 0.6) is 0 Å². The average Bonchev–Trinajstić information content (AvgIpc) is 3.14. The Balaban J connectivity index is 1.90. The number of thiophene rings is 1. The lowest BCUT2D eigenvalue weighted by Gasteiger charge is -2.20. The van der Waals surface area contributed by atoms with Crippen LogP contribution >= 0.6 is 11.3 Å². The Morgan fingerprint density at radius 2 is 1.59 bits per heavy atom. The number of para-hydroxylation sites is 1. The fraction of sp³-hybridized carbons (Fsp3) is 0.391. The number of benzene rings is 1. The van der Waals surface area contributed by atoms with E-state index < -0.39 is 17.8 Å². The monoisotopic (exact) mass is 458 g/mol. The summed E-state index contributed by atoms with van der Waals surface area (Å²) in [6.45, 7) is 1.63. The van der Waals surface area contributed by atoms with Gasteiger partial charge in [0.05, 0.1) is 35.9 Å². The number of nitrogens with one attached hydrogen (secondary N) is 2. The van der Waals surface area contributed by atoms with Gasteiger partial charge in [0, 0.05) is 5.92 Å². The summed E-state index contributed by atoms with van der Waals surface area (Å²) in [5.41, 5.74) is 1.04. The Bertz CT molecular complexity index is 1040. The number of hydrogen-bond donors (Lipinski definition) is 2. The van der Waals surface area contributed by atoms with Gasteiger partial charge in [-0.3, -0.25) is 9.59 Å². The molecule has 2 N–H and O–H groups in total. The van der Waals surface area contributed by atoms with Crippen LogP contribution in [-0.4, -0.2) is 38.0 Å². The molecule has 2 aromatic rings. The summed E-state index contributed by atoms with van der Waals surface area (Å²) in [4.78, 5) is 50.5. The molecule has 9 heteroatoms. The van der Waals surface area contributed by atoms with Gasteiger partial charge in [-0.2, -0.15) is 0 Å². The molecule has 0 atom stereocenters. The third-order valence-corrected chi connectivity index (χ3v) is 6.74. The molecule has 0 saturated heterocycles. The van der Waals surface area contributed by atoms with Crippen molar-refractivity contribution in [3.05, 3.63) is 45.8 Å². The van der Waals surface area contributed by atoms with Crippen molar-refractivity contribution in [1.82, 2.24) is 0 Å². The molecular formula is C23H26N2O6S. The van der Waals surface area contributed by atoms with Gasteiger partial charge in [-0.05, 0) is 37.5 Å². The second-order valence-corrected chi connectivity index (χ2v) is 8.59. The average molecular weight is 459 g/mol. The van der Waals surface area contributed by atoms with E-state index in [4.69, 9.17) is 9.47 Å². The minimum atomic E-state index is -0.633. The molecule has 0 spiro atoms. The highest BCUT2D eigenvalue weighted by Gasteiger charge is 2.29. The van der Waals surface area contributed by atoms with E-state index in [0.717, 1.165) is 43.4 Å². The maximum Gasteiger partial charge on any atom is 0.341 e. The summed E-state index contributed by atoms with van der Waals surface area (Å²) in [6, 6.07) is 6.46. The summed E-state index contributed by atoms with van der Waals surface area (Å²) < 4.78 is 9.65. The van der Waals surface area contributed by atoms with Crippen LogP contribution in [-0.2, 0) is 14.3 Å². The molecule has 1 aromatic heterocycles. The van der Waals surface area contributed by atoms with Gasteiger partial charge in [0.2, 0.25) is 5.91 Å². The first-order chi connectivity index (χ1) is 15.4. The van der Waals surface area contributed by atoms with Crippen molar-refractivity contribution in [2.24, 2.45) is 5.92 Å². The molecule has 1 aliphatic rings. The number of esters is 2. The Labute approximate surface area is 190 Å². The lowest BCUT2D eigenvalue weighted by molar-refractivity contribution is -0.120. The van der Waals surface area contributed by atoms with Gasteiger partial charge in [0.15, 0.2) is 0 Å². The Morgan fingerprint density at radius 1 is 0.938 bits per heavy atom. The van der Waals surface area contributed by atoms with Gasteiger partial charge in [-0.1, -0.05) is 31.4 Å². The van der Waals surface area contributed by atoms with Gasteiger partial charge in [0.1, 0.15) is 5.00 Å². The van der Waals surface area contributed by atoms with Crippen molar-refractivity contribution in [2.75, 3.05) is 24.9 Å². The second-order valence-electron chi connectivity index (χ2n) is 7.57. The lowest BCUT2D eigenvalue weighted by Crippen LogP contribution is -2.25. The summed E-state index contributed by atoms with van der Waals surface area (Å²) in [7, 11) is 2.51. The first-order valence-corrected chi connectivity index (χ1v) is 11.2. The molecule has 0 radical (unpaired) electrons. The van der Waals surface area contributed by atoms with E-state index in [0.29, 0.717) is 5.56 Å². The molecule has 2 amide bonds. The van der Waals surface area contributed by atoms with E-state index in [2.05, 4.69) is 10.6 Å². The Kier molecular flexibility index (Phi) is 7.63. The molecule has 1 aliphatic carbocycles. The predicted molar refractivity (Wildman–Crippen MR) is 121 cm³/mol. The first-order valence-electron chi connectivity index (χ1n) is 10.4. The van der Waals surface area contributed by atoms with Crippen LogP contribution in [0.25, 0.3) is 0 Å². The molecule has 1 fully saturated rings. The van der Waals surface area contributed by atoms with Gasteiger partial charge in [-0.15, -0.1) is 11.3 Å². The topological polar surface area (TPSA) is 111 Å². The Hall–Kier alpha value is -3.20. The van der Waals surface area contributed by atoms with Gasteiger partial charge >= 0.3 is 11.9 Å². The molecular weight excluding hydrogens is 432 g/mol. The van der Waals surface area contributed by atoms with Crippen LogP contribution < -0.4 is 10.6 Å². The van der Waals surface area contributed by atoms with E-state index in [9.17, 15) is 19.2 Å². The minimum absolute atomic E-state index is 0.110. The van der Waals surface area contributed by atoms with Crippen molar-refractivity contribution in [3.63, 3.8) is 0 Å². The molecule has 0 aliphatic heterocycles. The van der Waals surface area contributed by atoms with Crippen LogP contribution in [0.2, 0.25) is 0 Å². The number of amides is 2.